The smallest absolute Gasteiger partial charge is 0.264 e. The summed E-state index contributed by atoms with van der Waals surface area (Å²) in [5.74, 6) is -0.540. The molecule has 0 radical (unpaired) electrons. The first kappa shape index (κ1) is 31.4. The van der Waals surface area contributed by atoms with Crippen LogP contribution in [0.3, 0.4) is 0 Å². The number of hydrogen-bond donors (Lipinski definition) is 1. The van der Waals surface area contributed by atoms with Crippen molar-refractivity contribution in [2.24, 2.45) is 0 Å². The Hall–Kier alpha value is -3.17. The van der Waals surface area contributed by atoms with Crippen LogP contribution in [-0.4, -0.2) is 43.8 Å². The molecule has 1 N–H and O–H groups in total. The van der Waals surface area contributed by atoms with Crippen LogP contribution < -0.4 is 9.62 Å². The summed E-state index contributed by atoms with van der Waals surface area (Å²) in [4.78, 5) is 28.5. The molecule has 2 amide bonds. The van der Waals surface area contributed by atoms with Crippen LogP contribution in [0.15, 0.2) is 82.2 Å². The van der Waals surface area contributed by atoms with Gasteiger partial charge in [0.2, 0.25) is 11.8 Å². The average molecular weight is 629 g/mol. The fourth-order valence-corrected chi connectivity index (χ4v) is 6.07. The van der Waals surface area contributed by atoms with E-state index in [-0.39, 0.29) is 29.3 Å². The highest BCUT2D eigenvalue weighted by Crippen LogP contribution is 2.27. The third kappa shape index (κ3) is 7.95. The Morgan fingerprint density at radius 1 is 0.900 bits per heavy atom. The molecule has 0 heterocycles. The van der Waals surface area contributed by atoms with Gasteiger partial charge in [-0.2, -0.15) is 0 Å². The monoisotopic (exact) mass is 627 g/mol. The number of aryl methyl sites for hydroxylation is 1. The molecule has 0 spiro atoms. The van der Waals surface area contributed by atoms with Gasteiger partial charge in [-0.3, -0.25) is 13.9 Å². The van der Waals surface area contributed by atoms with Crippen LogP contribution in [0, 0.1) is 6.92 Å². The van der Waals surface area contributed by atoms with Crippen molar-refractivity contribution in [1.29, 1.82) is 0 Å². The Kier molecular flexibility index (Phi) is 10.6. The Morgan fingerprint density at radius 2 is 1.52 bits per heavy atom. The molecule has 0 aromatic heterocycles. The van der Waals surface area contributed by atoms with E-state index < -0.39 is 28.5 Å². The summed E-state index contributed by atoms with van der Waals surface area (Å²) in [7, 11) is -4.10. The highest BCUT2D eigenvalue weighted by atomic mass is 79.9. The summed E-state index contributed by atoms with van der Waals surface area (Å²) >= 11 is 3.46. The summed E-state index contributed by atoms with van der Waals surface area (Å²) in [5, 5.41) is 2.86. The topological polar surface area (TPSA) is 86.8 Å². The fraction of sp³-hybridized carbons (Fsp3) is 0.355. The van der Waals surface area contributed by atoms with Gasteiger partial charge < -0.3 is 10.2 Å². The van der Waals surface area contributed by atoms with E-state index >= 15 is 0 Å². The quantitative estimate of drug-likeness (QED) is 0.282. The molecule has 214 valence electrons. The number of halogens is 1. The van der Waals surface area contributed by atoms with Crippen molar-refractivity contribution in [3.8, 4) is 0 Å². The Bertz CT molecular complexity index is 1420. The Labute approximate surface area is 246 Å². The van der Waals surface area contributed by atoms with Crippen molar-refractivity contribution in [3.05, 3.63) is 94.0 Å². The number of rotatable bonds is 11. The third-order valence-corrected chi connectivity index (χ3v) is 8.86. The van der Waals surface area contributed by atoms with E-state index in [9.17, 15) is 18.0 Å². The van der Waals surface area contributed by atoms with Crippen LogP contribution in [0.5, 0.6) is 0 Å². The number of benzene rings is 3. The molecule has 0 aliphatic carbocycles. The number of carbonyl (C=O) groups is 2. The first-order valence-corrected chi connectivity index (χ1v) is 15.6. The summed E-state index contributed by atoms with van der Waals surface area (Å²) in [5.41, 5.74) is 3.16. The maximum atomic E-state index is 14.0. The standard InChI is InChI=1S/C31H38BrN3O4S/c1-21(2)26-12-14-28(15-13-26)35(40(38,39)29-16-10-23(5)11-17-29)20-30(36)34(24(6)31(37)33-22(3)4)19-25-8-7-9-27(32)18-25/h7-18,21-22,24H,19-20H2,1-6H3,(H,33,37)/t24-/m1/s1. The van der Waals surface area contributed by atoms with Crippen LogP contribution in [-0.2, 0) is 26.2 Å². The van der Waals surface area contributed by atoms with Crippen molar-refractivity contribution in [2.75, 3.05) is 10.8 Å². The SMILES string of the molecule is Cc1ccc(S(=O)(=O)N(CC(=O)N(Cc2cccc(Br)c2)[C@H](C)C(=O)NC(C)C)c2ccc(C(C)C)cc2)cc1. The number of nitrogens with zero attached hydrogens (tertiary/aromatic N) is 2. The molecule has 1 atom stereocenters. The predicted molar refractivity (Wildman–Crippen MR) is 164 cm³/mol. The minimum Gasteiger partial charge on any atom is -0.352 e. The zero-order valence-electron chi connectivity index (χ0n) is 23.9. The molecule has 3 rings (SSSR count). The van der Waals surface area contributed by atoms with Crippen molar-refractivity contribution in [1.82, 2.24) is 10.2 Å². The molecule has 9 heteroatoms. The largest absolute Gasteiger partial charge is 0.352 e. The number of nitrogens with one attached hydrogen (secondary N) is 1. The number of amides is 2. The lowest BCUT2D eigenvalue weighted by atomic mass is 10.0. The molecule has 7 nitrogen and oxygen atoms in total. The van der Waals surface area contributed by atoms with Crippen LogP contribution in [0.25, 0.3) is 0 Å². The number of sulfonamides is 1. The van der Waals surface area contributed by atoms with Crippen molar-refractivity contribution in [3.63, 3.8) is 0 Å². The molecular weight excluding hydrogens is 590 g/mol. The van der Waals surface area contributed by atoms with Crippen molar-refractivity contribution < 1.29 is 18.0 Å². The molecule has 0 fully saturated rings. The van der Waals surface area contributed by atoms with Crippen LogP contribution in [0.1, 0.15) is 57.2 Å². The van der Waals surface area contributed by atoms with Gasteiger partial charge >= 0.3 is 0 Å². The maximum Gasteiger partial charge on any atom is 0.264 e. The number of anilines is 1. The lowest BCUT2D eigenvalue weighted by molar-refractivity contribution is -0.139. The molecule has 0 saturated carbocycles. The van der Waals surface area contributed by atoms with E-state index in [1.54, 1.807) is 43.3 Å². The van der Waals surface area contributed by atoms with Gasteiger partial charge in [0, 0.05) is 17.1 Å². The van der Waals surface area contributed by atoms with Crippen molar-refractivity contribution >= 4 is 43.5 Å². The van der Waals surface area contributed by atoms with Gasteiger partial charge in [0.05, 0.1) is 10.6 Å². The van der Waals surface area contributed by atoms with Gasteiger partial charge in [-0.05, 0) is 81.1 Å². The van der Waals surface area contributed by atoms with Gasteiger partial charge in [-0.1, -0.05) is 71.7 Å². The van der Waals surface area contributed by atoms with Gasteiger partial charge in [0.25, 0.3) is 10.0 Å². The van der Waals surface area contributed by atoms with E-state index in [1.165, 1.54) is 4.90 Å². The van der Waals surface area contributed by atoms with Crippen LogP contribution >= 0.6 is 15.9 Å². The second kappa shape index (κ2) is 13.5. The van der Waals surface area contributed by atoms with Gasteiger partial charge in [0.1, 0.15) is 12.6 Å². The molecule has 0 saturated heterocycles. The second-order valence-corrected chi connectivity index (χ2v) is 13.3. The zero-order chi connectivity index (χ0) is 29.6. The highest BCUT2D eigenvalue weighted by molar-refractivity contribution is 9.10. The molecular formula is C31H38BrN3O4S. The van der Waals surface area contributed by atoms with Gasteiger partial charge in [-0.25, -0.2) is 8.42 Å². The van der Waals surface area contributed by atoms with Crippen LogP contribution in [0.4, 0.5) is 5.69 Å². The summed E-state index contributed by atoms with van der Waals surface area (Å²) in [6.45, 7) is 11.0. The van der Waals surface area contributed by atoms with E-state index in [0.29, 0.717) is 5.69 Å². The van der Waals surface area contributed by atoms with E-state index in [2.05, 4.69) is 35.1 Å². The second-order valence-electron chi connectivity index (χ2n) is 10.6. The molecule has 0 aliphatic heterocycles. The van der Waals surface area contributed by atoms with Gasteiger partial charge in [-0.15, -0.1) is 0 Å². The third-order valence-electron chi connectivity index (χ3n) is 6.58. The van der Waals surface area contributed by atoms with Gasteiger partial charge in [0.15, 0.2) is 0 Å². The minimum absolute atomic E-state index is 0.0861. The molecule has 0 unspecified atom stereocenters. The van der Waals surface area contributed by atoms with E-state index in [0.717, 1.165) is 25.5 Å². The number of hydrogen-bond acceptors (Lipinski definition) is 4. The first-order chi connectivity index (χ1) is 18.8. The Morgan fingerprint density at radius 3 is 2.08 bits per heavy atom. The number of carbonyl (C=O) groups excluding carboxylic acids is 2. The summed E-state index contributed by atoms with van der Waals surface area (Å²) in [6.07, 6.45) is 0. The molecule has 40 heavy (non-hydrogen) atoms. The maximum absolute atomic E-state index is 14.0. The molecule has 3 aromatic carbocycles. The van der Waals surface area contributed by atoms with E-state index in [4.69, 9.17) is 0 Å². The minimum atomic E-state index is -4.10. The lowest BCUT2D eigenvalue weighted by Crippen LogP contribution is -2.52. The Balaban J connectivity index is 2.05. The summed E-state index contributed by atoms with van der Waals surface area (Å²) in [6, 6.07) is 20.3. The van der Waals surface area contributed by atoms with E-state index in [1.807, 2.05) is 57.2 Å². The normalized spacial score (nSPS) is 12.3. The molecule has 0 bridgehead atoms. The fourth-order valence-electron chi connectivity index (χ4n) is 4.21. The first-order valence-electron chi connectivity index (χ1n) is 13.3. The predicted octanol–water partition coefficient (Wildman–Crippen LogP) is 6.02. The molecule has 3 aromatic rings. The summed E-state index contributed by atoms with van der Waals surface area (Å²) < 4.78 is 29.9. The van der Waals surface area contributed by atoms with Crippen LogP contribution in [0.2, 0.25) is 0 Å². The lowest BCUT2D eigenvalue weighted by Gasteiger charge is -2.32. The highest BCUT2D eigenvalue weighted by Gasteiger charge is 2.32. The molecule has 0 aliphatic rings. The average Bonchev–Trinajstić information content (AvgIpc) is 2.89. The zero-order valence-corrected chi connectivity index (χ0v) is 26.3. The van der Waals surface area contributed by atoms with Crippen molar-refractivity contribution in [2.45, 2.75) is 71.0 Å².